The average Bonchev–Trinajstić information content (AvgIpc) is 2.46. The molecule has 7 heteroatoms. The van der Waals surface area contributed by atoms with Crippen LogP contribution in [0.25, 0.3) is 0 Å². The molecular weight excluding hydrogens is 314 g/mol. The molecule has 1 aromatic carbocycles. The van der Waals surface area contributed by atoms with E-state index < -0.39 is 18.6 Å². The quantitative estimate of drug-likeness (QED) is 0.908. The van der Waals surface area contributed by atoms with Crippen LogP contribution in [0.1, 0.15) is 29.0 Å². The molecule has 2 rings (SSSR count). The molecule has 1 aromatic heterocycles. The number of rotatable bonds is 5. The van der Waals surface area contributed by atoms with E-state index in [1.807, 2.05) is 0 Å². The molecule has 116 valence electrons. The number of aromatic nitrogens is 1. The summed E-state index contributed by atoms with van der Waals surface area (Å²) in [6.45, 7) is -1.17. The third kappa shape index (κ3) is 4.39. The van der Waals surface area contributed by atoms with E-state index in [-0.39, 0.29) is 11.4 Å². The van der Waals surface area contributed by atoms with Crippen LogP contribution >= 0.6 is 11.6 Å². The first-order chi connectivity index (χ1) is 10.5. The molecule has 0 aliphatic heterocycles. The monoisotopic (exact) mass is 326 g/mol. The molecule has 1 amide bonds. The van der Waals surface area contributed by atoms with Crippen LogP contribution < -0.4 is 10.1 Å². The molecule has 0 bridgehead atoms. The van der Waals surface area contributed by atoms with Crippen molar-refractivity contribution in [1.29, 1.82) is 0 Å². The summed E-state index contributed by atoms with van der Waals surface area (Å²) in [6, 6.07) is 8.75. The lowest BCUT2D eigenvalue weighted by Gasteiger charge is -2.15. The van der Waals surface area contributed by atoms with Gasteiger partial charge in [0.2, 0.25) is 0 Å². The van der Waals surface area contributed by atoms with Crippen molar-refractivity contribution in [1.82, 2.24) is 10.3 Å². The van der Waals surface area contributed by atoms with Crippen molar-refractivity contribution in [3.8, 4) is 5.75 Å². The highest BCUT2D eigenvalue weighted by molar-refractivity contribution is 6.30. The molecule has 1 heterocycles. The summed E-state index contributed by atoms with van der Waals surface area (Å²) in [7, 11) is 0. The lowest BCUT2D eigenvalue weighted by atomic mass is 10.1. The highest BCUT2D eigenvalue weighted by Gasteiger charge is 2.14. The van der Waals surface area contributed by atoms with Crippen LogP contribution in [0.15, 0.2) is 42.6 Å². The number of amides is 1. The Balaban J connectivity index is 2.08. The predicted octanol–water partition coefficient (Wildman–Crippen LogP) is 3.83. The molecule has 0 radical (unpaired) electrons. The first-order valence-corrected chi connectivity index (χ1v) is 6.80. The maximum absolute atomic E-state index is 12.2. The minimum atomic E-state index is -2.89. The van der Waals surface area contributed by atoms with Crippen LogP contribution in [0.4, 0.5) is 8.78 Å². The Morgan fingerprint density at radius 1 is 1.32 bits per heavy atom. The van der Waals surface area contributed by atoms with E-state index in [9.17, 15) is 13.6 Å². The Morgan fingerprint density at radius 2 is 2.09 bits per heavy atom. The van der Waals surface area contributed by atoms with Crippen LogP contribution in [0, 0.1) is 0 Å². The van der Waals surface area contributed by atoms with Crippen molar-refractivity contribution in [2.75, 3.05) is 0 Å². The van der Waals surface area contributed by atoms with Gasteiger partial charge in [-0.05, 0) is 36.8 Å². The lowest BCUT2D eigenvalue weighted by molar-refractivity contribution is -0.0499. The molecule has 0 spiro atoms. The van der Waals surface area contributed by atoms with E-state index in [0.717, 1.165) is 0 Å². The zero-order chi connectivity index (χ0) is 16.1. The number of nitrogens with one attached hydrogen (secondary N) is 1. The van der Waals surface area contributed by atoms with Gasteiger partial charge in [-0.25, -0.2) is 0 Å². The average molecular weight is 327 g/mol. The van der Waals surface area contributed by atoms with E-state index in [1.165, 1.54) is 24.4 Å². The molecule has 0 aliphatic rings. The molecule has 0 aliphatic carbocycles. The first-order valence-electron chi connectivity index (χ1n) is 6.43. The minimum absolute atomic E-state index is 0.0366. The summed E-state index contributed by atoms with van der Waals surface area (Å²) in [5, 5.41) is 3.12. The summed E-state index contributed by atoms with van der Waals surface area (Å²) in [6.07, 6.45) is 1.43. The van der Waals surface area contributed by atoms with E-state index in [2.05, 4.69) is 15.0 Å². The number of pyridine rings is 1. The van der Waals surface area contributed by atoms with Crippen LogP contribution in [0.2, 0.25) is 5.02 Å². The normalized spacial score (nSPS) is 12.0. The van der Waals surface area contributed by atoms with Gasteiger partial charge in [-0.3, -0.25) is 9.78 Å². The van der Waals surface area contributed by atoms with E-state index >= 15 is 0 Å². The fourth-order valence-corrected chi connectivity index (χ4v) is 2.00. The number of carbonyl (C=O) groups is 1. The fourth-order valence-electron chi connectivity index (χ4n) is 1.84. The highest BCUT2D eigenvalue weighted by Crippen LogP contribution is 2.21. The van der Waals surface area contributed by atoms with E-state index in [4.69, 9.17) is 11.6 Å². The molecule has 1 N–H and O–H groups in total. The highest BCUT2D eigenvalue weighted by atomic mass is 35.5. The predicted molar refractivity (Wildman–Crippen MR) is 78.2 cm³/mol. The van der Waals surface area contributed by atoms with Gasteiger partial charge in [0.1, 0.15) is 11.4 Å². The number of hydrogen-bond acceptors (Lipinski definition) is 3. The van der Waals surface area contributed by atoms with Crippen molar-refractivity contribution in [3.05, 3.63) is 58.9 Å². The second-order valence-electron chi connectivity index (χ2n) is 4.51. The summed E-state index contributed by atoms with van der Waals surface area (Å²) >= 11 is 5.80. The van der Waals surface area contributed by atoms with Gasteiger partial charge in [0.15, 0.2) is 0 Å². The van der Waals surface area contributed by atoms with Crippen LogP contribution in [0.5, 0.6) is 5.75 Å². The van der Waals surface area contributed by atoms with Gasteiger partial charge in [-0.15, -0.1) is 0 Å². The topological polar surface area (TPSA) is 51.2 Å². The minimum Gasteiger partial charge on any atom is -0.435 e. The third-order valence-electron chi connectivity index (χ3n) is 2.89. The molecule has 0 fully saturated rings. The van der Waals surface area contributed by atoms with E-state index in [0.29, 0.717) is 10.6 Å². The zero-order valence-corrected chi connectivity index (χ0v) is 12.3. The largest absolute Gasteiger partial charge is 0.435 e. The van der Waals surface area contributed by atoms with Gasteiger partial charge in [0, 0.05) is 11.2 Å². The number of carbonyl (C=O) groups excluding carboxylic acids is 1. The maximum Gasteiger partial charge on any atom is 0.387 e. The Kier molecular flexibility index (Phi) is 5.27. The van der Waals surface area contributed by atoms with Gasteiger partial charge >= 0.3 is 6.61 Å². The lowest BCUT2D eigenvalue weighted by Crippen LogP contribution is -2.27. The Labute approximate surface area is 131 Å². The van der Waals surface area contributed by atoms with Gasteiger partial charge < -0.3 is 10.1 Å². The molecule has 22 heavy (non-hydrogen) atoms. The summed E-state index contributed by atoms with van der Waals surface area (Å²) < 4.78 is 28.8. The number of ether oxygens (including phenoxy) is 1. The number of alkyl halides is 2. The van der Waals surface area contributed by atoms with Crippen molar-refractivity contribution >= 4 is 17.5 Å². The number of benzene rings is 1. The summed E-state index contributed by atoms with van der Waals surface area (Å²) in [4.78, 5) is 16.0. The zero-order valence-electron chi connectivity index (χ0n) is 11.6. The molecule has 2 aromatic rings. The molecular formula is C15H13ClF2N2O2. The van der Waals surface area contributed by atoms with Crippen LogP contribution in [0.3, 0.4) is 0 Å². The Hall–Kier alpha value is -2.21. The number of hydrogen-bond donors (Lipinski definition) is 1. The number of halogens is 3. The van der Waals surface area contributed by atoms with Gasteiger partial charge in [-0.2, -0.15) is 8.78 Å². The van der Waals surface area contributed by atoms with Crippen LogP contribution in [-0.4, -0.2) is 17.5 Å². The number of nitrogens with zero attached hydrogens (tertiary/aromatic N) is 1. The van der Waals surface area contributed by atoms with Gasteiger partial charge in [0.05, 0.1) is 6.04 Å². The van der Waals surface area contributed by atoms with E-state index in [1.54, 1.807) is 25.1 Å². The Bertz CT molecular complexity index is 667. The van der Waals surface area contributed by atoms with Gasteiger partial charge in [-0.1, -0.05) is 23.7 Å². The maximum atomic E-state index is 12.2. The van der Waals surface area contributed by atoms with Crippen molar-refractivity contribution in [2.45, 2.75) is 19.6 Å². The third-order valence-corrected chi connectivity index (χ3v) is 3.12. The van der Waals surface area contributed by atoms with Crippen LogP contribution in [-0.2, 0) is 0 Å². The van der Waals surface area contributed by atoms with Crippen molar-refractivity contribution in [2.24, 2.45) is 0 Å². The molecule has 1 atom stereocenters. The summed E-state index contributed by atoms with van der Waals surface area (Å²) in [5.74, 6) is -0.371. The second-order valence-corrected chi connectivity index (χ2v) is 4.94. The standard InChI is InChI=1S/C15H13ClF2N2O2/c1-9(10-3-2-4-12(7-10)22-15(17)18)20-14(21)13-8-11(16)5-6-19-13/h2-9,15H,1H3,(H,20,21)/t9-/m1/s1. The molecule has 0 saturated heterocycles. The van der Waals surface area contributed by atoms with Crippen molar-refractivity contribution in [3.63, 3.8) is 0 Å². The Morgan fingerprint density at radius 3 is 2.77 bits per heavy atom. The first kappa shape index (κ1) is 16.2. The SMILES string of the molecule is C[C@@H](NC(=O)c1cc(Cl)ccn1)c1cccc(OC(F)F)c1. The summed E-state index contributed by atoms with van der Waals surface area (Å²) in [5.41, 5.74) is 0.813. The fraction of sp³-hybridized carbons (Fsp3) is 0.200. The van der Waals surface area contributed by atoms with Crippen molar-refractivity contribution < 1.29 is 18.3 Å². The molecule has 0 unspecified atom stereocenters. The molecule has 0 saturated carbocycles. The smallest absolute Gasteiger partial charge is 0.387 e. The second kappa shape index (κ2) is 7.17. The van der Waals surface area contributed by atoms with Gasteiger partial charge in [0.25, 0.3) is 5.91 Å². The molecule has 4 nitrogen and oxygen atoms in total.